The molecule has 0 amide bonds. The summed E-state index contributed by atoms with van der Waals surface area (Å²) in [6, 6.07) is -0.108. The fourth-order valence-electron chi connectivity index (χ4n) is 2.88. The number of hydrogen-bond donors (Lipinski definition) is 1. The van der Waals surface area contributed by atoms with Crippen LogP contribution < -0.4 is 5.32 Å². The average molecular weight is 317 g/mol. The number of nitrogens with one attached hydrogen (secondary N) is 1. The monoisotopic (exact) mass is 317 g/mol. The van der Waals surface area contributed by atoms with Crippen molar-refractivity contribution in [1.29, 1.82) is 0 Å². The number of carbonyl (C=O) groups is 1. The van der Waals surface area contributed by atoms with Gasteiger partial charge in [-0.1, -0.05) is 0 Å². The third-order valence-electron chi connectivity index (χ3n) is 3.88. The smallest absolute Gasteiger partial charge is 0.434 e. The van der Waals surface area contributed by atoms with Crippen LogP contribution in [0.5, 0.6) is 0 Å². The van der Waals surface area contributed by atoms with Crippen LogP contribution in [-0.4, -0.2) is 41.3 Å². The molecule has 3 atom stereocenters. The van der Waals surface area contributed by atoms with Gasteiger partial charge in [0.2, 0.25) is 5.95 Å². The third-order valence-corrected chi connectivity index (χ3v) is 3.88. The number of esters is 1. The number of rotatable bonds is 3. The molecule has 0 saturated carbocycles. The lowest BCUT2D eigenvalue weighted by molar-refractivity contribution is -0.141. The minimum atomic E-state index is -4.77. The molecule has 0 radical (unpaired) electrons. The quantitative estimate of drug-likeness (QED) is 0.860. The minimum absolute atomic E-state index is 0.0248. The lowest BCUT2D eigenvalue weighted by Crippen LogP contribution is -2.31. The standard InChI is InChI=1S/C13H14F3N3O3/c1-21-11(20)7-5-17-12(19-10(7)13(14,15)16)18-8-4-6-2-3-9(8)22-6/h5-6,8-9H,2-4H2,1H3,(H,17,18,19)/t6-,8-,9+/m1/s1. The first-order valence-corrected chi connectivity index (χ1v) is 6.83. The zero-order chi connectivity index (χ0) is 15.9. The lowest BCUT2D eigenvalue weighted by atomic mass is 9.96. The summed E-state index contributed by atoms with van der Waals surface area (Å²) in [6.45, 7) is 0. The molecule has 2 bridgehead atoms. The van der Waals surface area contributed by atoms with Crippen molar-refractivity contribution in [1.82, 2.24) is 9.97 Å². The normalized spacial score (nSPS) is 27.0. The summed E-state index contributed by atoms with van der Waals surface area (Å²) in [5.74, 6) is -1.29. The van der Waals surface area contributed by atoms with E-state index in [1.165, 1.54) is 0 Å². The highest BCUT2D eigenvalue weighted by Gasteiger charge is 2.42. The van der Waals surface area contributed by atoms with Gasteiger partial charge in [0.25, 0.3) is 0 Å². The Kier molecular flexibility index (Phi) is 3.67. The Morgan fingerprint density at radius 2 is 2.23 bits per heavy atom. The van der Waals surface area contributed by atoms with Gasteiger partial charge in [-0.2, -0.15) is 13.2 Å². The van der Waals surface area contributed by atoms with Crippen molar-refractivity contribution in [2.24, 2.45) is 0 Å². The first kappa shape index (κ1) is 15.0. The SMILES string of the molecule is COC(=O)c1cnc(N[C@@H]2C[C@H]3CC[C@@H]2O3)nc1C(F)(F)F. The molecular weight excluding hydrogens is 303 g/mol. The van der Waals surface area contributed by atoms with Crippen molar-refractivity contribution in [2.45, 2.75) is 43.7 Å². The fourth-order valence-corrected chi connectivity index (χ4v) is 2.88. The maximum atomic E-state index is 13.0. The minimum Gasteiger partial charge on any atom is -0.465 e. The predicted molar refractivity (Wildman–Crippen MR) is 68.3 cm³/mol. The highest BCUT2D eigenvalue weighted by atomic mass is 19.4. The molecule has 3 rings (SSSR count). The second-order valence-electron chi connectivity index (χ2n) is 5.31. The van der Waals surface area contributed by atoms with Crippen LogP contribution in [0.25, 0.3) is 0 Å². The van der Waals surface area contributed by atoms with Crippen LogP contribution in [-0.2, 0) is 15.7 Å². The van der Waals surface area contributed by atoms with Crippen molar-refractivity contribution in [3.05, 3.63) is 17.5 Å². The summed E-state index contributed by atoms with van der Waals surface area (Å²) in [6.07, 6.45) is -1.25. The summed E-state index contributed by atoms with van der Waals surface area (Å²) in [4.78, 5) is 18.6. The highest BCUT2D eigenvalue weighted by molar-refractivity contribution is 5.90. The first-order chi connectivity index (χ1) is 10.4. The van der Waals surface area contributed by atoms with Crippen molar-refractivity contribution < 1.29 is 27.4 Å². The number of carbonyl (C=O) groups excluding carboxylic acids is 1. The van der Waals surface area contributed by atoms with Crippen LogP contribution in [0, 0.1) is 0 Å². The van der Waals surface area contributed by atoms with Crippen molar-refractivity contribution >= 4 is 11.9 Å². The Bertz CT molecular complexity index is 594. The number of alkyl halides is 3. The zero-order valence-electron chi connectivity index (χ0n) is 11.7. The van der Waals surface area contributed by atoms with E-state index in [9.17, 15) is 18.0 Å². The number of ether oxygens (including phenoxy) is 2. The number of nitrogens with zero attached hydrogens (tertiary/aromatic N) is 2. The largest absolute Gasteiger partial charge is 0.465 e. The molecule has 2 fully saturated rings. The van der Waals surface area contributed by atoms with Crippen LogP contribution >= 0.6 is 0 Å². The Morgan fingerprint density at radius 3 is 2.77 bits per heavy atom. The van der Waals surface area contributed by atoms with Crippen LogP contribution in [0.15, 0.2) is 6.20 Å². The topological polar surface area (TPSA) is 73.3 Å². The van der Waals surface area contributed by atoms with Gasteiger partial charge in [-0.3, -0.25) is 0 Å². The molecule has 2 aliphatic heterocycles. The van der Waals surface area contributed by atoms with E-state index in [4.69, 9.17) is 4.74 Å². The third kappa shape index (κ3) is 2.72. The number of halogens is 3. The van der Waals surface area contributed by atoms with Gasteiger partial charge in [-0.15, -0.1) is 0 Å². The highest BCUT2D eigenvalue weighted by Crippen LogP contribution is 2.36. The number of fused-ring (bicyclic) bond motifs is 2. The number of hydrogen-bond acceptors (Lipinski definition) is 6. The van der Waals surface area contributed by atoms with E-state index in [1.54, 1.807) is 0 Å². The van der Waals surface area contributed by atoms with Crippen molar-refractivity contribution in [3.63, 3.8) is 0 Å². The predicted octanol–water partition coefficient (Wildman–Crippen LogP) is 2.01. The zero-order valence-corrected chi connectivity index (χ0v) is 11.7. The van der Waals surface area contributed by atoms with Crippen molar-refractivity contribution in [3.8, 4) is 0 Å². The second-order valence-corrected chi connectivity index (χ2v) is 5.31. The lowest BCUT2D eigenvalue weighted by Gasteiger charge is -2.20. The maximum Gasteiger partial charge on any atom is 0.434 e. The van der Waals surface area contributed by atoms with Crippen molar-refractivity contribution in [2.75, 3.05) is 12.4 Å². The van der Waals surface area contributed by atoms with E-state index in [-0.39, 0.29) is 24.2 Å². The van der Waals surface area contributed by atoms with Crippen LogP contribution in [0.3, 0.4) is 0 Å². The molecule has 3 heterocycles. The van der Waals surface area contributed by atoms with Gasteiger partial charge in [-0.25, -0.2) is 14.8 Å². The molecule has 0 spiro atoms. The maximum absolute atomic E-state index is 13.0. The van der Waals surface area contributed by atoms with E-state index in [2.05, 4.69) is 20.0 Å². The van der Waals surface area contributed by atoms with Gasteiger partial charge >= 0.3 is 12.1 Å². The van der Waals surface area contributed by atoms with Gasteiger partial charge in [0.1, 0.15) is 5.56 Å². The Balaban J connectivity index is 1.85. The first-order valence-electron chi connectivity index (χ1n) is 6.83. The van der Waals surface area contributed by atoms with Gasteiger partial charge in [0.05, 0.1) is 25.4 Å². The van der Waals surface area contributed by atoms with Gasteiger partial charge in [0, 0.05) is 6.20 Å². The summed E-state index contributed by atoms with van der Waals surface area (Å²) >= 11 is 0. The molecule has 6 nitrogen and oxygen atoms in total. The molecule has 120 valence electrons. The molecule has 1 aromatic heterocycles. The Morgan fingerprint density at radius 1 is 1.45 bits per heavy atom. The summed E-state index contributed by atoms with van der Waals surface area (Å²) in [7, 11) is 1.00. The van der Waals surface area contributed by atoms with Gasteiger partial charge in [0.15, 0.2) is 5.69 Å². The van der Waals surface area contributed by atoms with Crippen LogP contribution in [0.4, 0.5) is 19.1 Å². The van der Waals surface area contributed by atoms with Gasteiger partial charge < -0.3 is 14.8 Å². The summed E-state index contributed by atoms with van der Waals surface area (Å²) in [5, 5.41) is 2.87. The van der Waals surface area contributed by atoms with E-state index < -0.39 is 23.4 Å². The summed E-state index contributed by atoms with van der Waals surface area (Å²) in [5.41, 5.74) is -2.01. The van der Waals surface area contributed by atoms with E-state index in [0.29, 0.717) is 6.42 Å². The number of aromatic nitrogens is 2. The van der Waals surface area contributed by atoms with E-state index >= 15 is 0 Å². The molecule has 2 saturated heterocycles. The fraction of sp³-hybridized carbons (Fsp3) is 0.615. The number of methoxy groups -OCH3 is 1. The van der Waals surface area contributed by atoms with Crippen LogP contribution in [0.1, 0.15) is 35.3 Å². The average Bonchev–Trinajstić information content (AvgIpc) is 3.08. The van der Waals surface area contributed by atoms with E-state index in [0.717, 1.165) is 26.1 Å². The number of anilines is 1. The molecule has 2 aliphatic rings. The molecule has 9 heteroatoms. The molecule has 1 aromatic rings. The Hall–Kier alpha value is -1.90. The molecule has 22 heavy (non-hydrogen) atoms. The molecule has 0 aliphatic carbocycles. The molecule has 0 unspecified atom stereocenters. The van der Waals surface area contributed by atoms with E-state index in [1.807, 2.05) is 0 Å². The molecule has 0 aromatic carbocycles. The summed E-state index contributed by atoms with van der Waals surface area (Å²) < 4.78 is 49.1. The molecule has 1 N–H and O–H groups in total. The van der Waals surface area contributed by atoms with Gasteiger partial charge in [-0.05, 0) is 19.3 Å². The Labute approximate surface area is 124 Å². The molecular formula is C13H14F3N3O3. The second kappa shape index (κ2) is 5.38. The van der Waals surface area contributed by atoms with Crippen LogP contribution in [0.2, 0.25) is 0 Å².